The number of para-hydroxylation sites is 3. The zero-order chi connectivity index (χ0) is 39.6. The number of benzene rings is 9. The van der Waals surface area contributed by atoms with Crippen LogP contribution in [0.5, 0.6) is 0 Å². The molecule has 3 aromatic heterocycles. The molecule has 0 N–H and O–H groups in total. The smallest absolute Gasteiger partial charge is 0.227 e. The highest BCUT2D eigenvalue weighted by molar-refractivity contribution is 6.19. The van der Waals surface area contributed by atoms with Crippen LogP contribution >= 0.6 is 0 Å². The van der Waals surface area contributed by atoms with Crippen LogP contribution in [-0.4, -0.2) is 9.55 Å². The first-order valence-electron chi connectivity index (χ1n) is 20.2. The number of rotatable bonds is 7. The van der Waals surface area contributed by atoms with E-state index in [0.29, 0.717) is 5.89 Å². The maximum atomic E-state index is 6.69. The molecular weight excluding hydrogens is 735 g/mol. The van der Waals surface area contributed by atoms with Gasteiger partial charge in [-0.25, -0.2) is 4.98 Å². The molecule has 12 aromatic rings. The molecule has 3 heterocycles. The van der Waals surface area contributed by atoms with Crippen LogP contribution in [0.4, 0.5) is 17.1 Å². The topological polar surface area (TPSA) is 47.3 Å². The van der Waals surface area contributed by atoms with Crippen molar-refractivity contribution >= 4 is 71.9 Å². The Morgan fingerprint density at radius 2 is 1.03 bits per heavy atom. The van der Waals surface area contributed by atoms with Gasteiger partial charge in [-0.15, -0.1) is 0 Å². The predicted molar refractivity (Wildman–Crippen MR) is 247 cm³/mol. The minimum absolute atomic E-state index is 0.577. The van der Waals surface area contributed by atoms with E-state index in [-0.39, 0.29) is 0 Å². The van der Waals surface area contributed by atoms with E-state index in [1.54, 1.807) is 0 Å². The Hall–Kier alpha value is -8.15. The van der Waals surface area contributed by atoms with E-state index in [2.05, 4.69) is 173 Å². The molecule has 0 aliphatic rings. The molecule has 0 saturated carbocycles. The lowest BCUT2D eigenvalue weighted by molar-refractivity contribution is 0.621. The Morgan fingerprint density at radius 1 is 0.400 bits per heavy atom. The third-order valence-electron chi connectivity index (χ3n) is 11.6. The highest BCUT2D eigenvalue weighted by atomic mass is 16.4. The first-order valence-corrected chi connectivity index (χ1v) is 20.2. The molecular formula is C55H35N3O2. The summed E-state index contributed by atoms with van der Waals surface area (Å²) in [5, 5.41) is 4.47. The maximum Gasteiger partial charge on any atom is 0.227 e. The quantitative estimate of drug-likeness (QED) is 0.162. The van der Waals surface area contributed by atoms with Crippen molar-refractivity contribution in [3.63, 3.8) is 0 Å². The summed E-state index contributed by atoms with van der Waals surface area (Å²) >= 11 is 0. The molecule has 0 fully saturated rings. The largest absolute Gasteiger partial charge is 0.456 e. The van der Waals surface area contributed by atoms with E-state index in [0.717, 1.165) is 83.6 Å². The van der Waals surface area contributed by atoms with Gasteiger partial charge < -0.3 is 18.3 Å². The summed E-state index contributed by atoms with van der Waals surface area (Å²) in [6, 6.07) is 74.6. The van der Waals surface area contributed by atoms with Crippen LogP contribution in [0, 0.1) is 0 Å². The number of nitrogens with zero attached hydrogens (tertiary/aromatic N) is 3. The lowest BCUT2D eigenvalue weighted by atomic mass is 9.97. The molecule has 0 atom stereocenters. The molecule has 9 aromatic carbocycles. The molecule has 282 valence electrons. The lowest BCUT2D eigenvalue weighted by Gasteiger charge is -2.26. The van der Waals surface area contributed by atoms with Crippen molar-refractivity contribution in [3.8, 4) is 39.4 Å². The minimum atomic E-state index is 0.577. The predicted octanol–water partition coefficient (Wildman–Crippen LogP) is 15.3. The second kappa shape index (κ2) is 13.8. The number of anilines is 3. The number of aromatic nitrogens is 2. The van der Waals surface area contributed by atoms with Gasteiger partial charge in [-0.1, -0.05) is 133 Å². The molecule has 0 unspecified atom stereocenters. The van der Waals surface area contributed by atoms with Gasteiger partial charge in [0.25, 0.3) is 0 Å². The van der Waals surface area contributed by atoms with E-state index in [1.165, 1.54) is 21.9 Å². The molecule has 0 amide bonds. The summed E-state index contributed by atoms with van der Waals surface area (Å²) in [4.78, 5) is 7.34. The van der Waals surface area contributed by atoms with Gasteiger partial charge >= 0.3 is 0 Å². The number of hydrogen-bond acceptors (Lipinski definition) is 4. The first kappa shape index (κ1) is 33.9. The average Bonchev–Trinajstić information content (AvgIpc) is 4.01. The normalized spacial score (nSPS) is 11.7. The van der Waals surface area contributed by atoms with E-state index in [4.69, 9.17) is 13.8 Å². The molecule has 0 radical (unpaired) electrons. The third kappa shape index (κ3) is 5.52. The van der Waals surface area contributed by atoms with Crippen LogP contribution < -0.4 is 4.90 Å². The van der Waals surface area contributed by atoms with E-state index < -0.39 is 0 Å². The van der Waals surface area contributed by atoms with E-state index in [9.17, 15) is 0 Å². The fourth-order valence-corrected chi connectivity index (χ4v) is 8.88. The maximum absolute atomic E-state index is 6.69. The number of furan rings is 1. The number of hydrogen-bond donors (Lipinski definition) is 0. The Kier molecular flexibility index (Phi) is 7.78. The van der Waals surface area contributed by atoms with Gasteiger partial charge in [-0.2, -0.15) is 0 Å². The second-order valence-corrected chi connectivity index (χ2v) is 15.1. The summed E-state index contributed by atoms with van der Waals surface area (Å²) in [5.41, 5.74) is 14.9. The van der Waals surface area contributed by atoms with Gasteiger partial charge in [0, 0.05) is 61.5 Å². The molecule has 0 aliphatic heterocycles. The van der Waals surface area contributed by atoms with Crippen LogP contribution in [0.25, 0.3) is 94.2 Å². The summed E-state index contributed by atoms with van der Waals surface area (Å²) in [6.07, 6.45) is 0. The minimum Gasteiger partial charge on any atom is -0.456 e. The van der Waals surface area contributed by atoms with Crippen molar-refractivity contribution in [2.24, 2.45) is 0 Å². The number of oxazole rings is 1. The monoisotopic (exact) mass is 769 g/mol. The summed E-state index contributed by atoms with van der Waals surface area (Å²) < 4.78 is 15.5. The average molecular weight is 770 g/mol. The van der Waals surface area contributed by atoms with Gasteiger partial charge in [-0.05, 0) is 89.5 Å². The van der Waals surface area contributed by atoms with Gasteiger partial charge in [0.1, 0.15) is 16.7 Å². The summed E-state index contributed by atoms with van der Waals surface area (Å²) in [7, 11) is 0. The standard InChI is InChI=1S/C55H35N3O2/c1-4-15-36(16-5-1)39-19-14-22-42(33-39)57(43-31-32-45-44-23-10-12-25-48(44)58(49(45)34-43)40-20-8-3-9-21-40)41-29-27-37(28-30-41)52-53-46-24-11-13-26-50(46)59-51(53)35-47-54(52)60-55(56-47)38-17-6-2-7-18-38/h1-35H. The Bertz CT molecular complexity index is 3530. The van der Waals surface area contributed by atoms with Crippen molar-refractivity contribution < 1.29 is 8.83 Å². The van der Waals surface area contributed by atoms with Gasteiger partial charge in [-0.3, -0.25) is 0 Å². The van der Waals surface area contributed by atoms with Gasteiger partial charge in [0.05, 0.1) is 11.0 Å². The van der Waals surface area contributed by atoms with Crippen molar-refractivity contribution in [3.05, 3.63) is 212 Å². The van der Waals surface area contributed by atoms with Crippen molar-refractivity contribution in [2.75, 3.05) is 4.90 Å². The Morgan fingerprint density at radius 3 is 1.83 bits per heavy atom. The molecule has 0 spiro atoms. The van der Waals surface area contributed by atoms with E-state index >= 15 is 0 Å². The zero-order valence-electron chi connectivity index (χ0n) is 32.4. The van der Waals surface area contributed by atoms with Crippen LogP contribution in [0.1, 0.15) is 0 Å². The van der Waals surface area contributed by atoms with Gasteiger partial charge in [0.15, 0.2) is 5.58 Å². The van der Waals surface area contributed by atoms with Crippen LogP contribution in [0.15, 0.2) is 221 Å². The van der Waals surface area contributed by atoms with Crippen LogP contribution in [-0.2, 0) is 0 Å². The molecule has 60 heavy (non-hydrogen) atoms. The highest BCUT2D eigenvalue weighted by Crippen LogP contribution is 2.45. The van der Waals surface area contributed by atoms with Crippen molar-refractivity contribution in [1.82, 2.24) is 9.55 Å². The fourth-order valence-electron chi connectivity index (χ4n) is 8.88. The highest BCUT2D eigenvalue weighted by Gasteiger charge is 2.23. The van der Waals surface area contributed by atoms with E-state index in [1.807, 2.05) is 48.5 Å². The van der Waals surface area contributed by atoms with Crippen LogP contribution in [0.3, 0.4) is 0 Å². The van der Waals surface area contributed by atoms with Crippen LogP contribution in [0.2, 0.25) is 0 Å². The molecule has 5 heteroatoms. The molecule has 12 rings (SSSR count). The second-order valence-electron chi connectivity index (χ2n) is 15.1. The Labute approximate surface area is 345 Å². The summed E-state index contributed by atoms with van der Waals surface area (Å²) in [5.74, 6) is 0.577. The molecule has 0 bridgehead atoms. The molecule has 5 nitrogen and oxygen atoms in total. The first-order chi connectivity index (χ1) is 29.7. The third-order valence-corrected chi connectivity index (χ3v) is 11.6. The molecule has 0 saturated heterocycles. The van der Waals surface area contributed by atoms with Gasteiger partial charge in [0.2, 0.25) is 5.89 Å². The van der Waals surface area contributed by atoms with Crippen molar-refractivity contribution in [1.29, 1.82) is 0 Å². The summed E-state index contributed by atoms with van der Waals surface area (Å²) in [6.45, 7) is 0. The lowest BCUT2D eigenvalue weighted by Crippen LogP contribution is -2.10. The zero-order valence-corrected chi connectivity index (χ0v) is 32.4. The molecule has 0 aliphatic carbocycles. The number of fused-ring (bicyclic) bond motifs is 7. The van der Waals surface area contributed by atoms with Crippen molar-refractivity contribution in [2.45, 2.75) is 0 Å². The Balaban J connectivity index is 1.07. The fraction of sp³-hybridized carbons (Fsp3) is 0. The SMILES string of the molecule is c1ccc(-c2cccc(N(c3ccc(-c4c5oc(-c6ccccc6)nc5cc5oc6ccccc6c45)cc3)c3ccc4c5ccccc5n(-c5ccccc5)c4c3)c2)cc1.